The molecule has 3 N–H and O–H groups in total. The summed E-state index contributed by atoms with van der Waals surface area (Å²) in [5.41, 5.74) is 5.41. The fourth-order valence-electron chi connectivity index (χ4n) is 2.41. The molecule has 6 nitrogen and oxygen atoms in total. The summed E-state index contributed by atoms with van der Waals surface area (Å²) >= 11 is 0. The fraction of sp³-hybridized carbons (Fsp3) is 0.429. The number of hydrogen-bond acceptors (Lipinski definition) is 4. The Hall–Kier alpha value is -1.89. The van der Waals surface area contributed by atoms with Gasteiger partial charge in [-0.3, -0.25) is 9.59 Å². The maximum atomic E-state index is 12.2. The first-order valence-electron chi connectivity index (χ1n) is 6.52. The molecular formula is C14H17NO5S. The number of rotatable bonds is 7. The quantitative estimate of drug-likeness (QED) is 0.778. The van der Waals surface area contributed by atoms with Crippen molar-refractivity contribution in [3.8, 4) is 0 Å². The van der Waals surface area contributed by atoms with E-state index in [0.29, 0.717) is 24.0 Å². The number of carboxylic acids is 1. The van der Waals surface area contributed by atoms with Crippen LogP contribution in [0.5, 0.6) is 0 Å². The third-order valence-electron chi connectivity index (χ3n) is 3.63. The molecule has 114 valence electrons. The second-order valence-corrected chi connectivity index (χ2v) is 7.73. The standard InChI is InChI=1S/C14H17NO5S/c15-13(18)11-3-1-10(2-4-11)8-21(19,20)9-14(5-6-14)7-12(16)17/h1-4H,5-9H2,(H2,15,18)(H,16,17). The number of aliphatic carboxylic acids is 1. The van der Waals surface area contributed by atoms with Crippen molar-refractivity contribution in [2.45, 2.75) is 25.0 Å². The number of primary amides is 1. The van der Waals surface area contributed by atoms with E-state index in [9.17, 15) is 18.0 Å². The van der Waals surface area contributed by atoms with Crippen LogP contribution < -0.4 is 5.73 Å². The largest absolute Gasteiger partial charge is 0.481 e. The maximum absolute atomic E-state index is 12.2. The Kier molecular flexibility index (Phi) is 4.04. The van der Waals surface area contributed by atoms with Crippen LogP contribution in [0.4, 0.5) is 0 Å². The van der Waals surface area contributed by atoms with Crippen LogP contribution in [-0.2, 0) is 20.4 Å². The van der Waals surface area contributed by atoms with Crippen LogP contribution in [0.25, 0.3) is 0 Å². The van der Waals surface area contributed by atoms with Gasteiger partial charge in [0, 0.05) is 5.56 Å². The van der Waals surface area contributed by atoms with E-state index < -0.39 is 27.1 Å². The van der Waals surface area contributed by atoms with Crippen LogP contribution in [0.1, 0.15) is 35.2 Å². The van der Waals surface area contributed by atoms with Gasteiger partial charge in [-0.05, 0) is 36.0 Å². The van der Waals surface area contributed by atoms with E-state index in [-0.39, 0.29) is 17.9 Å². The first-order chi connectivity index (χ1) is 9.71. The van der Waals surface area contributed by atoms with Crippen molar-refractivity contribution in [3.05, 3.63) is 35.4 Å². The average molecular weight is 311 g/mol. The Morgan fingerprint density at radius 2 is 1.76 bits per heavy atom. The topological polar surface area (TPSA) is 115 Å². The first kappa shape index (κ1) is 15.5. The van der Waals surface area contributed by atoms with Crippen molar-refractivity contribution in [2.75, 3.05) is 5.75 Å². The van der Waals surface area contributed by atoms with E-state index in [1.807, 2.05) is 0 Å². The van der Waals surface area contributed by atoms with E-state index in [0.717, 1.165) is 0 Å². The molecule has 1 saturated carbocycles. The monoisotopic (exact) mass is 311 g/mol. The molecule has 1 aliphatic carbocycles. The molecule has 1 aromatic carbocycles. The molecule has 0 radical (unpaired) electrons. The third kappa shape index (κ3) is 4.29. The smallest absolute Gasteiger partial charge is 0.303 e. The molecular weight excluding hydrogens is 294 g/mol. The molecule has 2 rings (SSSR count). The highest BCUT2D eigenvalue weighted by Crippen LogP contribution is 2.50. The number of carboxylic acid groups (broad SMARTS) is 1. The van der Waals surface area contributed by atoms with Crippen LogP contribution in [0.2, 0.25) is 0 Å². The molecule has 1 aromatic rings. The van der Waals surface area contributed by atoms with Gasteiger partial charge in [-0.2, -0.15) is 0 Å². The highest BCUT2D eigenvalue weighted by Gasteiger charge is 2.47. The van der Waals surface area contributed by atoms with Crippen LogP contribution in [0.15, 0.2) is 24.3 Å². The predicted molar refractivity (Wildman–Crippen MR) is 76.4 cm³/mol. The third-order valence-corrected chi connectivity index (χ3v) is 5.46. The Labute approximate surface area is 122 Å². The van der Waals surface area contributed by atoms with Gasteiger partial charge in [0.25, 0.3) is 0 Å². The van der Waals surface area contributed by atoms with E-state index >= 15 is 0 Å². The van der Waals surface area contributed by atoms with Crippen LogP contribution in [0, 0.1) is 5.41 Å². The van der Waals surface area contributed by atoms with Crippen molar-refractivity contribution in [2.24, 2.45) is 11.1 Å². The summed E-state index contributed by atoms with van der Waals surface area (Å²) in [7, 11) is -3.39. The summed E-state index contributed by atoms with van der Waals surface area (Å²) in [4.78, 5) is 21.7. The number of hydrogen-bond donors (Lipinski definition) is 2. The molecule has 1 amide bonds. The highest BCUT2D eigenvalue weighted by atomic mass is 32.2. The molecule has 0 spiro atoms. The van der Waals surface area contributed by atoms with E-state index in [1.54, 1.807) is 12.1 Å². The molecule has 0 bridgehead atoms. The fourth-order valence-corrected chi connectivity index (χ4v) is 4.53. The zero-order valence-electron chi connectivity index (χ0n) is 11.4. The van der Waals surface area contributed by atoms with Gasteiger partial charge in [-0.15, -0.1) is 0 Å². The minimum absolute atomic E-state index is 0.104. The molecule has 0 aromatic heterocycles. The average Bonchev–Trinajstić information content (AvgIpc) is 3.06. The Morgan fingerprint density at radius 3 is 2.19 bits per heavy atom. The van der Waals surface area contributed by atoms with Gasteiger partial charge in [0.15, 0.2) is 9.84 Å². The van der Waals surface area contributed by atoms with Gasteiger partial charge in [-0.1, -0.05) is 12.1 Å². The molecule has 0 heterocycles. The van der Waals surface area contributed by atoms with Crippen molar-refractivity contribution in [1.82, 2.24) is 0 Å². The highest BCUT2D eigenvalue weighted by molar-refractivity contribution is 7.90. The zero-order chi connectivity index (χ0) is 15.7. The summed E-state index contributed by atoms with van der Waals surface area (Å²) in [5.74, 6) is -1.80. The summed E-state index contributed by atoms with van der Waals surface area (Å²) in [6.07, 6.45) is 1.17. The molecule has 1 fully saturated rings. The number of carbonyl (C=O) groups is 2. The number of carbonyl (C=O) groups excluding carboxylic acids is 1. The van der Waals surface area contributed by atoms with Crippen LogP contribution in [0.3, 0.4) is 0 Å². The lowest BCUT2D eigenvalue weighted by Crippen LogP contribution is -2.21. The Morgan fingerprint density at radius 1 is 1.19 bits per heavy atom. The van der Waals surface area contributed by atoms with Gasteiger partial charge >= 0.3 is 5.97 Å². The summed E-state index contributed by atoms with van der Waals surface area (Å²) in [6.45, 7) is 0. The van der Waals surface area contributed by atoms with Crippen LogP contribution in [-0.4, -0.2) is 31.2 Å². The van der Waals surface area contributed by atoms with Gasteiger partial charge in [0.2, 0.25) is 5.91 Å². The van der Waals surface area contributed by atoms with Crippen molar-refractivity contribution >= 4 is 21.7 Å². The minimum atomic E-state index is -3.39. The maximum Gasteiger partial charge on any atom is 0.303 e. The molecule has 1 aliphatic rings. The number of nitrogens with two attached hydrogens (primary N) is 1. The normalized spacial score (nSPS) is 16.4. The van der Waals surface area contributed by atoms with Crippen molar-refractivity contribution in [1.29, 1.82) is 0 Å². The predicted octanol–water partition coefficient (Wildman–Crippen LogP) is 0.955. The minimum Gasteiger partial charge on any atom is -0.481 e. The summed E-state index contributed by atoms with van der Waals surface area (Å²) < 4.78 is 24.3. The number of amides is 1. The molecule has 21 heavy (non-hydrogen) atoms. The van der Waals surface area contributed by atoms with Crippen molar-refractivity contribution < 1.29 is 23.1 Å². The van der Waals surface area contributed by atoms with E-state index in [1.165, 1.54) is 12.1 Å². The van der Waals surface area contributed by atoms with Crippen LogP contribution >= 0.6 is 0 Å². The lowest BCUT2D eigenvalue weighted by molar-refractivity contribution is -0.138. The zero-order valence-corrected chi connectivity index (χ0v) is 12.2. The van der Waals surface area contributed by atoms with Gasteiger partial charge in [0.1, 0.15) is 0 Å². The summed E-state index contributed by atoms with van der Waals surface area (Å²) in [5, 5.41) is 8.82. The van der Waals surface area contributed by atoms with E-state index in [2.05, 4.69) is 0 Å². The van der Waals surface area contributed by atoms with Gasteiger partial charge in [-0.25, -0.2) is 8.42 Å². The number of sulfone groups is 1. The molecule has 0 aliphatic heterocycles. The lowest BCUT2D eigenvalue weighted by Gasteiger charge is -2.13. The van der Waals surface area contributed by atoms with E-state index in [4.69, 9.17) is 10.8 Å². The molecule has 7 heteroatoms. The lowest BCUT2D eigenvalue weighted by atomic mass is 10.1. The Balaban J connectivity index is 2.04. The molecule has 0 atom stereocenters. The second kappa shape index (κ2) is 5.48. The van der Waals surface area contributed by atoms with Gasteiger partial charge < -0.3 is 10.8 Å². The number of benzene rings is 1. The van der Waals surface area contributed by atoms with Crippen molar-refractivity contribution in [3.63, 3.8) is 0 Å². The summed E-state index contributed by atoms with van der Waals surface area (Å²) in [6, 6.07) is 6.07. The SMILES string of the molecule is NC(=O)c1ccc(CS(=O)(=O)CC2(CC(=O)O)CC2)cc1. The Bertz CT molecular complexity index is 659. The molecule has 0 unspecified atom stereocenters. The molecule has 0 saturated heterocycles. The van der Waals surface area contributed by atoms with Gasteiger partial charge in [0.05, 0.1) is 17.9 Å². The first-order valence-corrected chi connectivity index (χ1v) is 8.35. The second-order valence-electron chi connectivity index (χ2n) is 5.66.